The van der Waals surface area contributed by atoms with Gasteiger partial charge in [0.15, 0.2) is 11.6 Å². The standard InChI is InChI=1S/C21H17ClN4OS/c1-12-10-16-19(17(27)11-12)20(23-14-8-6-13(22)7-9-14)25-26(16)21-24-15-4-2-3-5-18(15)28-21/h2-9,12H,10-11H2,1H3,(H,23,25)/t12-/m1/s1. The number of anilines is 2. The highest BCUT2D eigenvalue weighted by Gasteiger charge is 2.31. The van der Waals surface area contributed by atoms with Gasteiger partial charge in [0.2, 0.25) is 5.13 Å². The fourth-order valence-corrected chi connectivity index (χ4v) is 4.69. The average molecular weight is 409 g/mol. The molecule has 1 N–H and O–H groups in total. The Morgan fingerprint density at radius 2 is 1.93 bits per heavy atom. The number of hydrogen-bond donors (Lipinski definition) is 1. The number of rotatable bonds is 3. The molecule has 0 spiro atoms. The Labute approximate surface area is 171 Å². The number of nitrogens with zero attached hydrogens (tertiary/aromatic N) is 3. The van der Waals surface area contributed by atoms with E-state index in [1.165, 1.54) is 0 Å². The second-order valence-electron chi connectivity index (χ2n) is 7.11. The molecule has 5 rings (SSSR count). The third kappa shape index (κ3) is 2.99. The Hall–Kier alpha value is -2.70. The normalized spacial score (nSPS) is 16.4. The van der Waals surface area contributed by atoms with Crippen LogP contribution in [0.1, 0.15) is 29.4 Å². The summed E-state index contributed by atoms with van der Waals surface area (Å²) in [7, 11) is 0. The van der Waals surface area contributed by atoms with Crippen molar-refractivity contribution in [2.45, 2.75) is 19.8 Å². The molecule has 2 aromatic heterocycles. The maximum Gasteiger partial charge on any atom is 0.211 e. The van der Waals surface area contributed by atoms with Crippen molar-refractivity contribution < 1.29 is 4.79 Å². The lowest BCUT2D eigenvalue weighted by Gasteiger charge is -2.18. The third-order valence-electron chi connectivity index (χ3n) is 4.91. The van der Waals surface area contributed by atoms with Crippen LogP contribution in [0.4, 0.5) is 11.5 Å². The molecule has 7 heteroatoms. The zero-order valence-corrected chi connectivity index (χ0v) is 16.7. The number of thiazole rings is 1. The van der Waals surface area contributed by atoms with Crippen LogP contribution in [0.25, 0.3) is 15.3 Å². The minimum Gasteiger partial charge on any atom is -0.338 e. The molecule has 5 nitrogen and oxygen atoms in total. The summed E-state index contributed by atoms with van der Waals surface area (Å²) in [4.78, 5) is 17.6. The summed E-state index contributed by atoms with van der Waals surface area (Å²) in [5.74, 6) is 0.985. The van der Waals surface area contributed by atoms with Gasteiger partial charge in [-0.15, -0.1) is 5.10 Å². The van der Waals surface area contributed by atoms with Gasteiger partial charge >= 0.3 is 0 Å². The van der Waals surface area contributed by atoms with Gasteiger partial charge in [0.05, 0.1) is 21.5 Å². The van der Waals surface area contributed by atoms with Gasteiger partial charge in [-0.2, -0.15) is 0 Å². The van der Waals surface area contributed by atoms with Crippen LogP contribution in [0.3, 0.4) is 0 Å². The summed E-state index contributed by atoms with van der Waals surface area (Å²) in [6, 6.07) is 15.4. The van der Waals surface area contributed by atoms with Crippen molar-refractivity contribution in [1.82, 2.24) is 14.8 Å². The predicted molar refractivity (Wildman–Crippen MR) is 113 cm³/mol. The van der Waals surface area contributed by atoms with Gasteiger partial charge in [-0.3, -0.25) is 4.79 Å². The molecule has 1 atom stereocenters. The lowest BCUT2D eigenvalue weighted by Crippen LogP contribution is -2.19. The summed E-state index contributed by atoms with van der Waals surface area (Å²) in [6.07, 6.45) is 1.33. The van der Waals surface area contributed by atoms with Crippen molar-refractivity contribution in [3.8, 4) is 5.13 Å². The molecular formula is C21H17ClN4OS. The first-order valence-electron chi connectivity index (χ1n) is 9.12. The number of fused-ring (bicyclic) bond motifs is 2. The van der Waals surface area contributed by atoms with E-state index in [0.717, 1.165) is 33.2 Å². The third-order valence-corrected chi connectivity index (χ3v) is 6.17. The molecule has 2 heterocycles. The zero-order valence-electron chi connectivity index (χ0n) is 15.1. The lowest BCUT2D eigenvalue weighted by atomic mass is 9.88. The van der Waals surface area contributed by atoms with Crippen LogP contribution in [0.2, 0.25) is 5.02 Å². The first-order valence-corrected chi connectivity index (χ1v) is 10.3. The Kier molecular flexibility index (Phi) is 4.18. The Bertz CT molecular complexity index is 1160. The molecule has 140 valence electrons. The van der Waals surface area contributed by atoms with Crippen molar-refractivity contribution in [1.29, 1.82) is 0 Å². The Morgan fingerprint density at radius 3 is 2.71 bits per heavy atom. The largest absolute Gasteiger partial charge is 0.338 e. The highest BCUT2D eigenvalue weighted by atomic mass is 35.5. The van der Waals surface area contributed by atoms with Crippen molar-refractivity contribution in [3.63, 3.8) is 0 Å². The Morgan fingerprint density at radius 1 is 1.14 bits per heavy atom. The van der Waals surface area contributed by atoms with Gasteiger partial charge in [0.1, 0.15) is 0 Å². The van der Waals surface area contributed by atoms with Gasteiger partial charge in [-0.25, -0.2) is 9.67 Å². The topological polar surface area (TPSA) is 59.8 Å². The van der Waals surface area contributed by atoms with Crippen LogP contribution in [-0.2, 0) is 6.42 Å². The molecule has 2 aromatic carbocycles. The summed E-state index contributed by atoms with van der Waals surface area (Å²) in [5.41, 5.74) is 3.38. The monoisotopic (exact) mass is 408 g/mol. The van der Waals surface area contributed by atoms with E-state index in [1.807, 2.05) is 53.2 Å². The molecular weight excluding hydrogens is 392 g/mol. The number of hydrogen-bond acceptors (Lipinski definition) is 5. The molecule has 0 fully saturated rings. The molecule has 0 saturated carbocycles. The highest BCUT2D eigenvalue weighted by molar-refractivity contribution is 7.20. The van der Waals surface area contributed by atoms with Crippen LogP contribution < -0.4 is 5.32 Å². The van der Waals surface area contributed by atoms with E-state index in [9.17, 15) is 4.79 Å². The average Bonchev–Trinajstić information content (AvgIpc) is 3.25. The fourth-order valence-electron chi connectivity index (χ4n) is 3.62. The minimum atomic E-state index is 0.123. The number of carbonyl (C=O) groups excluding carboxylic acids is 1. The zero-order chi connectivity index (χ0) is 19.3. The number of halogens is 1. The predicted octanol–water partition coefficient (Wildman–Crippen LogP) is 5.64. The van der Waals surface area contributed by atoms with Crippen molar-refractivity contribution >= 4 is 50.4 Å². The maximum absolute atomic E-state index is 12.8. The maximum atomic E-state index is 12.8. The van der Waals surface area contributed by atoms with E-state index in [4.69, 9.17) is 21.7 Å². The smallest absolute Gasteiger partial charge is 0.211 e. The van der Waals surface area contributed by atoms with E-state index in [-0.39, 0.29) is 11.7 Å². The summed E-state index contributed by atoms with van der Waals surface area (Å²) >= 11 is 7.56. The lowest BCUT2D eigenvalue weighted by molar-refractivity contribution is 0.0953. The molecule has 1 aliphatic rings. The van der Waals surface area contributed by atoms with Gasteiger partial charge in [0, 0.05) is 17.1 Å². The quantitative estimate of drug-likeness (QED) is 0.476. The molecule has 0 saturated heterocycles. The van der Waals surface area contributed by atoms with E-state index >= 15 is 0 Å². The van der Waals surface area contributed by atoms with Crippen LogP contribution >= 0.6 is 22.9 Å². The van der Waals surface area contributed by atoms with Gasteiger partial charge < -0.3 is 5.32 Å². The van der Waals surface area contributed by atoms with Gasteiger partial charge in [-0.1, -0.05) is 42.0 Å². The van der Waals surface area contributed by atoms with E-state index in [2.05, 4.69) is 12.2 Å². The number of carbonyl (C=O) groups is 1. The highest BCUT2D eigenvalue weighted by Crippen LogP contribution is 2.35. The number of ketones is 1. The number of Topliss-reactive ketones (excluding diaryl/α,β-unsaturated/α-hetero) is 1. The Balaban J connectivity index is 1.64. The summed E-state index contributed by atoms with van der Waals surface area (Å²) in [5, 5.41) is 9.50. The van der Waals surface area contributed by atoms with Crippen LogP contribution in [0.5, 0.6) is 0 Å². The number of aromatic nitrogens is 3. The van der Waals surface area contributed by atoms with E-state index < -0.39 is 0 Å². The first kappa shape index (κ1) is 17.4. The molecule has 4 aromatic rings. The SMILES string of the molecule is C[C@H]1CC(=O)c2c(Nc3ccc(Cl)cc3)nn(-c3nc4ccccc4s3)c2C1. The molecule has 0 bridgehead atoms. The second kappa shape index (κ2) is 6.72. The molecule has 0 aliphatic heterocycles. The van der Waals surface area contributed by atoms with Gasteiger partial charge in [-0.05, 0) is 48.7 Å². The minimum absolute atomic E-state index is 0.123. The molecule has 0 radical (unpaired) electrons. The molecule has 28 heavy (non-hydrogen) atoms. The second-order valence-corrected chi connectivity index (χ2v) is 8.56. The van der Waals surface area contributed by atoms with Crippen LogP contribution in [0.15, 0.2) is 48.5 Å². The van der Waals surface area contributed by atoms with Gasteiger partial charge in [0.25, 0.3) is 0 Å². The number of para-hydroxylation sites is 1. The van der Waals surface area contributed by atoms with E-state index in [1.54, 1.807) is 11.3 Å². The fraction of sp³-hybridized carbons (Fsp3) is 0.190. The summed E-state index contributed by atoms with van der Waals surface area (Å²) in [6.45, 7) is 2.10. The van der Waals surface area contributed by atoms with Crippen LogP contribution in [0, 0.1) is 5.92 Å². The van der Waals surface area contributed by atoms with Crippen molar-refractivity contribution in [2.75, 3.05) is 5.32 Å². The van der Waals surface area contributed by atoms with E-state index in [0.29, 0.717) is 22.8 Å². The van der Waals surface area contributed by atoms with Crippen LogP contribution in [-0.4, -0.2) is 20.5 Å². The molecule has 1 aliphatic carbocycles. The summed E-state index contributed by atoms with van der Waals surface area (Å²) < 4.78 is 2.94. The molecule has 0 unspecified atom stereocenters. The van der Waals surface area contributed by atoms with Crippen molar-refractivity contribution in [3.05, 3.63) is 64.8 Å². The molecule has 0 amide bonds. The number of nitrogens with one attached hydrogen (secondary N) is 1. The van der Waals surface area contributed by atoms with Crippen molar-refractivity contribution in [2.24, 2.45) is 5.92 Å². The number of benzene rings is 2. The first-order chi connectivity index (χ1) is 13.6.